The molecule has 0 saturated heterocycles. The van der Waals surface area contributed by atoms with Crippen molar-refractivity contribution >= 4 is 5.84 Å². The molecule has 2 rings (SSSR count). The van der Waals surface area contributed by atoms with E-state index in [1.807, 2.05) is 24.3 Å². The topological polar surface area (TPSA) is 33.6 Å². The fraction of sp³-hybridized carbons (Fsp3) is 0.182. The van der Waals surface area contributed by atoms with Gasteiger partial charge >= 0.3 is 0 Å². The maximum Gasteiger partial charge on any atom is 0.167 e. The number of aliphatic imine (C=N–C) groups is 1. The van der Waals surface area contributed by atoms with Crippen LogP contribution in [0.1, 0.15) is 11.1 Å². The Morgan fingerprint density at radius 3 is 3.07 bits per heavy atom. The van der Waals surface area contributed by atoms with E-state index in [1.165, 1.54) is 5.56 Å². The molecule has 1 aliphatic heterocycles. The monoisotopic (exact) mass is 188 g/mol. The molecule has 14 heavy (non-hydrogen) atoms. The summed E-state index contributed by atoms with van der Waals surface area (Å²) in [5.74, 6) is 0.808. The van der Waals surface area contributed by atoms with Crippen molar-refractivity contribution in [2.24, 2.45) is 4.99 Å². The maximum absolute atomic E-state index is 4.97. The average Bonchev–Trinajstić information content (AvgIpc) is 2.72. The van der Waals surface area contributed by atoms with Crippen LogP contribution in [-0.4, -0.2) is 12.6 Å². The lowest BCUT2D eigenvalue weighted by atomic mass is 10.0. The van der Waals surface area contributed by atoms with Crippen molar-refractivity contribution in [2.45, 2.75) is 6.42 Å². The molecule has 1 N–H and O–H groups in total. The summed E-state index contributed by atoms with van der Waals surface area (Å²) in [6.07, 6.45) is 2.73. The first kappa shape index (κ1) is 8.97. The minimum absolute atomic E-state index is 0.387. The predicted octanol–water partition coefficient (Wildman–Crippen LogP) is 1.65. The Balaban J connectivity index is 2.35. The van der Waals surface area contributed by atoms with E-state index < -0.39 is 0 Å². The second-order valence-corrected chi connectivity index (χ2v) is 3.03. The molecule has 0 bridgehead atoms. The van der Waals surface area contributed by atoms with Crippen molar-refractivity contribution in [3.8, 4) is 0 Å². The van der Waals surface area contributed by atoms with E-state index in [9.17, 15) is 0 Å². The molecule has 0 saturated carbocycles. The molecular weight excluding hydrogens is 176 g/mol. The van der Waals surface area contributed by atoms with Gasteiger partial charge in [-0.15, -0.1) is 6.58 Å². The summed E-state index contributed by atoms with van der Waals surface area (Å²) in [4.78, 5) is 9.16. The van der Waals surface area contributed by atoms with Crippen LogP contribution in [0.4, 0.5) is 0 Å². The minimum atomic E-state index is 0.387. The molecule has 0 amide bonds. The Labute approximate surface area is 83.1 Å². The van der Waals surface area contributed by atoms with Crippen LogP contribution >= 0.6 is 0 Å². The Bertz CT molecular complexity index is 371. The lowest BCUT2D eigenvalue weighted by molar-refractivity contribution is 0.115. The van der Waals surface area contributed by atoms with Crippen LogP contribution in [0.25, 0.3) is 0 Å². The lowest BCUT2D eigenvalue weighted by Crippen LogP contribution is -2.19. The Morgan fingerprint density at radius 2 is 2.36 bits per heavy atom. The second kappa shape index (κ2) is 4.07. The van der Waals surface area contributed by atoms with Gasteiger partial charge in [0, 0.05) is 5.56 Å². The molecule has 1 aliphatic rings. The van der Waals surface area contributed by atoms with Gasteiger partial charge in [0.25, 0.3) is 0 Å². The molecule has 0 unspecified atom stereocenters. The Kier molecular flexibility index (Phi) is 2.60. The standard InChI is InChI=1S/C11H12N2O/c1-2-5-9-6-3-4-7-10(9)11-12-8-14-13-11/h2-4,6-7H,1,5,8H2,(H,12,13). The molecule has 0 aliphatic carbocycles. The molecule has 1 aromatic rings. The van der Waals surface area contributed by atoms with Gasteiger partial charge < -0.3 is 0 Å². The molecular formula is C11H12N2O. The lowest BCUT2D eigenvalue weighted by Gasteiger charge is -2.06. The first-order valence-electron chi connectivity index (χ1n) is 4.53. The molecule has 0 atom stereocenters. The van der Waals surface area contributed by atoms with Gasteiger partial charge in [-0.3, -0.25) is 4.84 Å². The van der Waals surface area contributed by atoms with Crippen LogP contribution in [0, 0.1) is 0 Å². The molecule has 0 radical (unpaired) electrons. The van der Waals surface area contributed by atoms with Crippen LogP contribution in [0.15, 0.2) is 41.9 Å². The van der Waals surface area contributed by atoms with E-state index in [4.69, 9.17) is 4.84 Å². The van der Waals surface area contributed by atoms with Crippen molar-refractivity contribution in [1.29, 1.82) is 0 Å². The fourth-order valence-corrected chi connectivity index (χ4v) is 1.45. The number of hydrogen-bond acceptors (Lipinski definition) is 3. The van der Waals surface area contributed by atoms with Gasteiger partial charge in [0.05, 0.1) is 0 Å². The van der Waals surface area contributed by atoms with E-state index >= 15 is 0 Å². The molecule has 0 fully saturated rings. The molecule has 1 heterocycles. The van der Waals surface area contributed by atoms with E-state index in [1.54, 1.807) is 0 Å². The van der Waals surface area contributed by atoms with Gasteiger partial charge in [-0.1, -0.05) is 30.3 Å². The molecule has 3 nitrogen and oxygen atoms in total. The van der Waals surface area contributed by atoms with Crippen LogP contribution in [0.5, 0.6) is 0 Å². The van der Waals surface area contributed by atoms with Gasteiger partial charge in [0.2, 0.25) is 0 Å². The quantitative estimate of drug-likeness (QED) is 0.732. The maximum atomic E-state index is 4.97. The highest BCUT2D eigenvalue weighted by atomic mass is 16.7. The zero-order chi connectivity index (χ0) is 9.80. The van der Waals surface area contributed by atoms with E-state index in [-0.39, 0.29) is 0 Å². The molecule has 72 valence electrons. The molecule has 0 spiro atoms. The van der Waals surface area contributed by atoms with E-state index in [0.717, 1.165) is 17.8 Å². The third-order valence-corrected chi connectivity index (χ3v) is 2.09. The highest BCUT2D eigenvalue weighted by Crippen LogP contribution is 2.12. The fourth-order valence-electron chi connectivity index (χ4n) is 1.45. The van der Waals surface area contributed by atoms with Crippen LogP contribution in [0.3, 0.4) is 0 Å². The van der Waals surface area contributed by atoms with Crippen molar-refractivity contribution in [3.05, 3.63) is 48.0 Å². The van der Waals surface area contributed by atoms with Crippen molar-refractivity contribution in [3.63, 3.8) is 0 Å². The summed E-state index contributed by atoms with van der Waals surface area (Å²) in [6.45, 7) is 4.12. The molecule has 3 heteroatoms. The smallest absolute Gasteiger partial charge is 0.167 e. The number of allylic oxidation sites excluding steroid dienone is 1. The van der Waals surface area contributed by atoms with E-state index in [0.29, 0.717) is 6.73 Å². The normalized spacial score (nSPS) is 14.7. The minimum Gasteiger partial charge on any atom is -0.251 e. The largest absolute Gasteiger partial charge is 0.251 e. The Hall–Kier alpha value is -1.61. The summed E-state index contributed by atoms with van der Waals surface area (Å²) < 4.78 is 0. The van der Waals surface area contributed by atoms with E-state index in [2.05, 4.69) is 23.1 Å². The summed E-state index contributed by atoms with van der Waals surface area (Å²) in [5.41, 5.74) is 5.08. The van der Waals surface area contributed by atoms with Gasteiger partial charge in [0.1, 0.15) is 0 Å². The van der Waals surface area contributed by atoms with Gasteiger partial charge in [-0.25, -0.2) is 10.5 Å². The zero-order valence-electron chi connectivity index (χ0n) is 7.86. The van der Waals surface area contributed by atoms with Crippen LogP contribution in [0.2, 0.25) is 0 Å². The Morgan fingerprint density at radius 1 is 1.50 bits per heavy atom. The second-order valence-electron chi connectivity index (χ2n) is 3.03. The van der Waals surface area contributed by atoms with Crippen molar-refractivity contribution < 1.29 is 4.84 Å². The van der Waals surface area contributed by atoms with Crippen molar-refractivity contribution in [1.82, 2.24) is 5.48 Å². The average molecular weight is 188 g/mol. The van der Waals surface area contributed by atoms with Crippen LogP contribution < -0.4 is 5.48 Å². The summed E-state index contributed by atoms with van der Waals surface area (Å²) >= 11 is 0. The highest BCUT2D eigenvalue weighted by Gasteiger charge is 2.11. The highest BCUT2D eigenvalue weighted by molar-refractivity contribution is 6.00. The number of hydroxylamine groups is 1. The first-order chi connectivity index (χ1) is 6.92. The van der Waals surface area contributed by atoms with Gasteiger partial charge in [-0.2, -0.15) is 0 Å². The van der Waals surface area contributed by atoms with Gasteiger partial charge in [-0.05, 0) is 12.0 Å². The third kappa shape index (κ3) is 1.67. The third-order valence-electron chi connectivity index (χ3n) is 2.09. The number of rotatable bonds is 3. The van der Waals surface area contributed by atoms with Crippen LogP contribution in [-0.2, 0) is 11.3 Å². The summed E-state index contributed by atoms with van der Waals surface area (Å²) in [7, 11) is 0. The summed E-state index contributed by atoms with van der Waals surface area (Å²) in [6, 6.07) is 8.10. The number of nitrogens with zero attached hydrogens (tertiary/aromatic N) is 1. The number of amidine groups is 1. The van der Waals surface area contributed by atoms with Gasteiger partial charge in [0.15, 0.2) is 12.6 Å². The predicted molar refractivity (Wildman–Crippen MR) is 56.0 cm³/mol. The summed E-state index contributed by atoms with van der Waals surface area (Å²) in [5, 5.41) is 0. The first-order valence-corrected chi connectivity index (χ1v) is 4.53. The van der Waals surface area contributed by atoms with Crippen molar-refractivity contribution in [2.75, 3.05) is 6.73 Å². The zero-order valence-corrected chi connectivity index (χ0v) is 7.86. The molecule has 1 aromatic carbocycles. The number of hydrogen-bond donors (Lipinski definition) is 1. The number of benzene rings is 1. The number of nitrogens with one attached hydrogen (secondary N) is 1. The SMILES string of the molecule is C=CCc1ccccc1C1=NCON1. The molecule has 0 aromatic heterocycles.